The lowest BCUT2D eigenvalue weighted by molar-refractivity contribution is -0.605. The molecule has 0 spiro atoms. The fourth-order valence-electron chi connectivity index (χ4n) is 0.680. The first-order valence-corrected chi connectivity index (χ1v) is 3.02. The molecule has 12 heavy (non-hydrogen) atoms. The summed E-state index contributed by atoms with van der Waals surface area (Å²) < 4.78 is 0.458. The van der Waals surface area contributed by atoms with Crippen LogP contribution in [0.4, 0.5) is 0 Å². The molecule has 0 bridgehead atoms. The molecule has 1 amide bonds. The Bertz CT molecular complexity index is 356. The van der Waals surface area contributed by atoms with Crippen LogP contribution in [0, 0.1) is 5.21 Å². The van der Waals surface area contributed by atoms with Crippen molar-refractivity contribution >= 4 is 5.91 Å². The molecule has 0 aliphatic carbocycles. The lowest BCUT2D eigenvalue weighted by Crippen LogP contribution is -2.25. The van der Waals surface area contributed by atoms with Gasteiger partial charge in [-0.2, -0.15) is 4.73 Å². The largest absolute Gasteiger partial charge is 0.619 e. The number of hydrogen-bond acceptors (Lipinski definition) is 2. The predicted octanol–water partition coefficient (Wildman–Crippen LogP) is 0.770. The van der Waals surface area contributed by atoms with Crippen LogP contribution in [0.3, 0.4) is 0 Å². The molecule has 6 heteroatoms. The minimum absolute atomic E-state index is 0.0744. The Labute approximate surface area is 67.3 Å². The normalized spacial score (nSPS) is 8.67. The molecule has 0 unspecified atom stereocenters. The zero-order valence-electron chi connectivity index (χ0n) is 5.91. The Morgan fingerprint density at radius 1 is 1.75 bits per heavy atom. The summed E-state index contributed by atoms with van der Waals surface area (Å²) in [5, 5.41) is 13.5. The van der Waals surface area contributed by atoms with E-state index in [2.05, 4.69) is 10.0 Å². The van der Waals surface area contributed by atoms with Crippen LogP contribution in [0.15, 0.2) is 29.6 Å². The fourth-order valence-corrected chi connectivity index (χ4v) is 0.680. The van der Waals surface area contributed by atoms with Crippen LogP contribution in [-0.2, 0) is 0 Å². The summed E-state index contributed by atoms with van der Waals surface area (Å²) in [6.45, 7) is 0. The minimum atomic E-state index is -0.761. The van der Waals surface area contributed by atoms with E-state index in [4.69, 9.17) is 5.53 Å². The maximum Gasteiger partial charge on any atom is 0.255 e. The summed E-state index contributed by atoms with van der Waals surface area (Å²) in [6, 6.07) is 2.79. The first-order valence-electron chi connectivity index (χ1n) is 3.02. The van der Waals surface area contributed by atoms with Gasteiger partial charge in [0.15, 0.2) is 12.4 Å². The Kier molecular flexibility index (Phi) is 2.25. The standard InChI is InChI=1S/C6H4N4O2/c7-9-8-6(11)5-2-1-3-10(12)4-5/h1-4H. The number of nitrogens with zero attached hydrogens (tertiary/aromatic N) is 4. The molecular formula is C6H4N4O2. The van der Waals surface area contributed by atoms with Gasteiger partial charge in [-0.1, -0.05) is 0 Å². The van der Waals surface area contributed by atoms with Gasteiger partial charge in [0, 0.05) is 11.0 Å². The van der Waals surface area contributed by atoms with Gasteiger partial charge in [-0.25, -0.2) is 0 Å². The molecule has 0 atom stereocenters. The zero-order valence-corrected chi connectivity index (χ0v) is 5.91. The van der Waals surface area contributed by atoms with Crippen molar-refractivity contribution in [3.05, 3.63) is 45.7 Å². The summed E-state index contributed by atoms with van der Waals surface area (Å²) in [4.78, 5) is 13.1. The van der Waals surface area contributed by atoms with Crippen molar-refractivity contribution in [1.82, 2.24) is 0 Å². The van der Waals surface area contributed by atoms with Crippen LogP contribution in [-0.4, -0.2) is 5.91 Å². The number of rotatable bonds is 1. The molecular weight excluding hydrogens is 160 g/mol. The van der Waals surface area contributed by atoms with E-state index in [0.717, 1.165) is 6.20 Å². The van der Waals surface area contributed by atoms with Crippen LogP contribution in [0.1, 0.15) is 10.4 Å². The second-order valence-corrected chi connectivity index (χ2v) is 1.95. The van der Waals surface area contributed by atoms with Crippen molar-refractivity contribution in [2.24, 2.45) is 5.11 Å². The number of carbonyl (C=O) groups is 1. The topological polar surface area (TPSA) is 92.8 Å². The van der Waals surface area contributed by atoms with Crippen LogP contribution >= 0.6 is 0 Å². The van der Waals surface area contributed by atoms with Gasteiger partial charge in [0.1, 0.15) is 0 Å². The molecule has 0 aromatic carbocycles. The number of amides is 1. The molecule has 60 valence electrons. The molecule has 0 N–H and O–H groups in total. The molecule has 1 aromatic rings. The van der Waals surface area contributed by atoms with Gasteiger partial charge in [0.2, 0.25) is 0 Å². The van der Waals surface area contributed by atoms with Gasteiger partial charge in [0.25, 0.3) is 5.91 Å². The summed E-state index contributed by atoms with van der Waals surface area (Å²) in [5.41, 5.74) is 7.99. The third kappa shape index (κ3) is 1.71. The highest BCUT2D eigenvalue weighted by Crippen LogP contribution is 1.96. The van der Waals surface area contributed by atoms with Crippen LogP contribution in [0.2, 0.25) is 0 Å². The highest BCUT2D eigenvalue weighted by molar-refractivity contribution is 5.94. The lowest BCUT2D eigenvalue weighted by atomic mass is 10.3. The van der Waals surface area contributed by atoms with Gasteiger partial charge in [0.05, 0.1) is 5.56 Å². The average Bonchev–Trinajstić information content (AvgIpc) is 2.05. The number of carbonyl (C=O) groups excluding carboxylic acids is 1. The maximum absolute atomic E-state index is 10.8. The van der Waals surface area contributed by atoms with Crippen molar-refractivity contribution in [3.8, 4) is 0 Å². The third-order valence-corrected chi connectivity index (χ3v) is 1.16. The molecule has 0 aliphatic heterocycles. The van der Waals surface area contributed by atoms with Crippen molar-refractivity contribution in [2.45, 2.75) is 0 Å². The number of aromatic nitrogens is 1. The number of pyridine rings is 1. The van der Waals surface area contributed by atoms with Gasteiger partial charge in [-0.15, -0.1) is 0 Å². The molecule has 0 aliphatic rings. The van der Waals surface area contributed by atoms with E-state index in [0.29, 0.717) is 4.73 Å². The van der Waals surface area contributed by atoms with E-state index in [1.807, 2.05) is 0 Å². The predicted molar refractivity (Wildman–Crippen MR) is 38.9 cm³/mol. The van der Waals surface area contributed by atoms with Crippen LogP contribution < -0.4 is 4.73 Å². The minimum Gasteiger partial charge on any atom is -0.619 e. The monoisotopic (exact) mass is 164 g/mol. The van der Waals surface area contributed by atoms with Gasteiger partial charge < -0.3 is 5.21 Å². The van der Waals surface area contributed by atoms with E-state index in [-0.39, 0.29) is 5.56 Å². The average molecular weight is 164 g/mol. The Hall–Kier alpha value is -2.07. The SMILES string of the molecule is [N-]=[N+]=NC(=O)c1ccc[n+]([O-])c1. The number of hydrogen-bond donors (Lipinski definition) is 0. The van der Waals surface area contributed by atoms with Crippen molar-refractivity contribution < 1.29 is 9.52 Å². The van der Waals surface area contributed by atoms with E-state index in [9.17, 15) is 10.0 Å². The Morgan fingerprint density at radius 3 is 3.08 bits per heavy atom. The van der Waals surface area contributed by atoms with E-state index in [1.165, 1.54) is 18.3 Å². The number of azide groups is 1. The highest BCUT2D eigenvalue weighted by Gasteiger charge is 2.04. The Morgan fingerprint density at radius 2 is 2.50 bits per heavy atom. The summed E-state index contributed by atoms with van der Waals surface area (Å²) >= 11 is 0. The summed E-state index contributed by atoms with van der Waals surface area (Å²) in [7, 11) is 0. The molecule has 6 nitrogen and oxygen atoms in total. The molecule has 0 saturated carbocycles. The first-order chi connectivity index (χ1) is 5.74. The van der Waals surface area contributed by atoms with Crippen molar-refractivity contribution in [2.75, 3.05) is 0 Å². The van der Waals surface area contributed by atoms with Gasteiger partial charge >= 0.3 is 0 Å². The third-order valence-electron chi connectivity index (χ3n) is 1.16. The first kappa shape index (κ1) is 8.03. The van der Waals surface area contributed by atoms with Crippen molar-refractivity contribution in [1.29, 1.82) is 0 Å². The zero-order chi connectivity index (χ0) is 8.97. The smallest absolute Gasteiger partial charge is 0.255 e. The van der Waals surface area contributed by atoms with E-state index >= 15 is 0 Å². The summed E-state index contributed by atoms with van der Waals surface area (Å²) in [5.74, 6) is -0.761. The molecule has 1 rings (SSSR count). The molecule has 1 heterocycles. The fraction of sp³-hybridized carbons (Fsp3) is 0. The molecule has 0 radical (unpaired) electrons. The lowest BCUT2D eigenvalue weighted by Gasteiger charge is -1.95. The molecule has 0 fully saturated rings. The van der Waals surface area contributed by atoms with Gasteiger partial charge in [-0.05, 0) is 16.7 Å². The van der Waals surface area contributed by atoms with Crippen LogP contribution in [0.5, 0.6) is 0 Å². The second-order valence-electron chi connectivity index (χ2n) is 1.95. The summed E-state index contributed by atoms with van der Waals surface area (Å²) in [6.07, 6.45) is 2.27. The quantitative estimate of drug-likeness (QED) is 0.201. The Balaban J connectivity index is 3.03. The molecule has 1 aromatic heterocycles. The van der Waals surface area contributed by atoms with Gasteiger partial charge in [-0.3, -0.25) is 4.79 Å². The second kappa shape index (κ2) is 3.36. The maximum atomic E-state index is 10.8. The van der Waals surface area contributed by atoms with Crippen LogP contribution in [0.25, 0.3) is 10.4 Å². The van der Waals surface area contributed by atoms with E-state index < -0.39 is 5.91 Å². The van der Waals surface area contributed by atoms with E-state index in [1.54, 1.807) is 0 Å². The van der Waals surface area contributed by atoms with Crippen molar-refractivity contribution in [3.63, 3.8) is 0 Å². The highest BCUT2D eigenvalue weighted by atomic mass is 16.5. The molecule has 0 saturated heterocycles.